The van der Waals surface area contributed by atoms with Crippen molar-refractivity contribution in [1.29, 1.82) is 0 Å². The Balaban J connectivity index is 0. The number of rotatable bonds is 12. The number of aliphatic hydroxyl groups excluding tert-OH is 1. The van der Waals surface area contributed by atoms with Gasteiger partial charge >= 0.3 is 0 Å². The predicted octanol–water partition coefficient (Wildman–Crippen LogP) is -2.87. The molecule has 0 atom stereocenters. The van der Waals surface area contributed by atoms with Gasteiger partial charge in [0.1, 0.15) is 6.54 Å². The first-order valence-electron chi connectivity index (χ1n) is 6.19. The molecule has 0 unspecified atom stereocenters. The van der Waals surface area contributed by atoms with E-state index in [1.165, 1.54) is 0 Å². The average Bonchev–Trinajstić information content (AvgIpc) is 2.30. The Labute approximate surface area is 121 Å². The molecule has 18 heavy (non-hydrogen) atoms. The SMILES string of the molecule is COCCOCCOCC[N+](C)(C)CCCO.[Br-]. The van der Waals surface area contributed by atoms with Gasteiger partial charge in [-0.1, -0.05) is 0 Å². The van der Waals surface area contributed by atoms with E-state index in [-0.39, 0.29) is 23.6 Å². The molecule has 0 aliphatic rings. The topological polar surface area (TPSA) is 47.9 Å². The van der Waals surface area contributed by atoms with Crippen LogP contribution in [0.15, 0.2) is 0 Å². The van der Waals surface area contributed by atoms with Crippen molar-refractivity contribution in [3.8, 4) is 0 Å². The smallest absolute Gasteiger partial charge is 0.102 e. The molecule has 112 valence electrons. The Morgan fingerprint density at radius 3 is 2.00 bits per heavy atom. The largest absolute Gasteiger partial charge is 1.00 e. The third-order valence-electron chi connectivity index (χ3n) is 2.57. The Morgan fingerprint density at radius 1 is 0.889 bits per heavy atom. The third kappa shape index (κ3) is 14.3. The number of hydrogen-bond acceptors (Lipinski definition) is 4. The van der Waals surface area contributed by atoms with Crippen molar-refractivity contribution in [2.45, 2.75) is 6.42 Å². The molecule has 0 saturated carbocycles. The molecule has 0 aromatic heterocycles. The summed E-state index contributed by atoms with van der Waals surface area (Å²) in [6, 6.07) is 0. The molecule has 1 N–H and O–H groups in total. The Bertz CT molecular complexity index is 170. The van der Waals surface area contributed by atoms with E-state index >= 15 is 0 Å². The van der Waals surface area contributed by atoms with Crippen molar-refractivity contribution >= 4 is 0 Å². The lowest BCUT2D eigenvalue weighted by Gasteiger charge is -2.29. The molecule has 0 saturated heterocycles. The summed E-state index contributed by atoms with van der Waals surface area (Å²) in [7, 11) is 5.95. The first kappa shape index (κ1) is 20.6. The highest BCUT2D eigenvalue weighted by atomic mass is 79.9. The Morgan fingerprint density at radius 2 is 1.44 bits per heavy atom. The van der Waals surface area contributed by atoms with Crippen LogP contribution in [0, 0.1) is 0 Å². The molecule has 0 aromatic carbocycles. The van der Waals surface area contributed by atoms with Gasteiger partial charge in [-0.3, -0.25) is 0 Å². The van der Waals surface area contributed by atoms with Crippen molar-refractivity contribution < 1.29 is 40.8 Å². The van der Waals surface area contributed by atoms with Crippen molar-refractivity contribution in [3.63, 3.8) is 0 Å². The third-order valence-corrected chi connectivity index (χ3v) is 2.57. The van der Waals surface area contributed by atoms with Gasteiger partial charge in [0.05, 0.1) is 53.7 Å². The van der Waals surface area contributed by atoms with Gasteiger partial charge in [0, 0.05) is 20.1 Å². The van der Waals surface area contributed by atoms with Crippen molar-refractivity contribution in [2.75, 3.05) is 73.9 Å². The molecule has 6 heteroatoms. The zero-order valence-corrected chi connectivity index (χ0v) is 13.4. The lowest BCUT2D eigenvalue weighted by molar-refractivity contribution is -0.891. The second kappa shape index (κ2) is 13.7. The molecule has 0 bridgehead atoms. The van der Waals surface area contributed by atoms with Crippen LogP contribution in [0.3, 0.4) is 0 Å². The number of likely N-dealkylation sites (N-methyl/N-ethyl adjacent to an activating group) is 1. The zero-order valence-electron chi connectivity index (χ0n) is 11.9. The number of aliphatic hydroxyl groups is 1. The summed E-state index contributed by atoms with van der Waals surface area (Å²) in [4.78, 5) is 0. The maximum Gasteiger partial charge on any atom is 0.102 e. The van der Waals surface area contributed by atoms with Crippen LogP contribution >= 0.6 is 0 Å². The summed E-state index contributed by atoms with van der Waals surface area (Å²) in [5, 5.41) is 8.77. The van der Waals surface area contributed by atoms with E-state index in [4.69, 9.17) is 19.3 Å². The summed E-state index contributed by atoms with van der Waals surface area (Å²) in [5.74, 6) is 0. The molecular formula is C12H28BrNO4. The van der Waals surface area contributed by atoms with Crippen LogP contribution in [0.5, 0.6) is 0 Å². The second-order valence-electron chi connectivity index (χ2n) is 4.68. The molecule has 0 aliphatic heterocycles. The maximum atomic E-state index is 8.77. The number of nitrogens with zero attached hydrogens (tertiary/aromatic N) is 1. The molecule has 0 rings (SSSR count). The van der Waals surface area contributed by atoms with Gasteiger partial charge in [0.2, 0.25) is 0 Å². The molecule has 0 fully saturated rings. The van der Waals surface area contributed by atoms with Gasteiger partial charge in [-0.25, -0.2) is 0 Å². The fourth-order valence-electron chi connectivity index (χ4n) is 1.39. The molecule has 0 aliphatic carbocycles. The maximum absolute atomic E-state index is 8.77. The highest BCUT2D eigenvalue weighted by Gasteiger charge is 2.13. The molecular weight excluding hydrogens is 302 g/mol. The first-order chi connectivity index (χ1) is 8.12. The normalized spacial score (nSPS) is 11.3. The number of methoxy groups -OCH3 is 1. The first-order valence-corrected chi connectivity index (χ1v) is 6.19. The van der Waals surface area contributed by atoms with Gasteiger partial charge in [-0.15, -0.1) is 0 Å². The molecule has 0 amide bonds. The molecule has 5 nitrogen and oxygen atoms in total. The van der Waals surface area contributed by atoms with Crippen LogP contribution in [0.25, 0.3) is 0 Å². The molecule has 0 aromatic rings. The Hall–Kier alpha value is 0.280. The number of quaternary nitrogens is 1. The van der Waals surface area contributed by atoms with E-state index in [2.05, 4.69) is 14.1 Å². The van der Waals surface area contributed by atoms with Crippen molar-refractivity contribution in [2.24, 2.45) is 0 Å². The van der Waals surface area contributed by atoms with Crippen molar-refractivity contribution in [3.05, 3.63) is 0 Å². The highest BCUT2D eigenvalue weighted by molar-refractivity contribution is 4.37. The standard InChI is InChI=1S/C12H28NO4.BrH/c1-13(2,5-4-7-14)6-8-16-11-12-17-10-9-15-3;/h14H,4-12H2,1-3H3;1H/q+1;/p-1. The van der Waals surface area contributed by atoms with Crippen LogP contribution in [-0.2, 0) is 14.2 Å². The Kier molecular flexibility index (Phi) is 15.7. The number of hydrogen-bond donors (Lipinski definition) is 1. The van der Waals surface area contributed by atoms with Crippen LogP contribution in [-0.4, -0.2) is 83.5 Å². The lowest BCUT2D eigenvalue weighted by Crippen LogP contribution is -3.00. The van der Waals surface area contributed by atoms with Crippen LogP contribution in [0.1, 0.15) is 6.42 Å². The van der Waals surface area contributed by atoms with Crippen LogP contribution < -0.4 is 17.0 Å². The van der Waals surface area contributed by atoms with E-state index in [0.29, 0.717) is 26.4 Å². The van der Waals surface area contributed by atoms with Gasteiger partial charge in [0.15, 0.2) is 0 Å². The van der Waals surface area contributed by atoms with Crippen LogP contribution in [0.4, 0.5) is 0 Å². The fourth-order valence-corrected chi connectivity index (χ4v) is 1.39. The highest BCUT2D eigenvalue weighted by Crippen LogP contribution is 1.98. The average molecular weight is 330 g/mol. The van der Waals surface area contributed by atoms with E-state index in [1.807, 2.05) is 0 Å². The van der Waals surface area contributed by atoms with Crippen LogP contribution in [0.2, 0.25) is 0 Å². The quantitative estimate of drug-likeness (QED) is 0.309. The molecule has 0 heterocycles. The minimum absolute atomic E-state index is 0. The minimum atomic E-state index is 0. The second-order valence-corrected chi connectivity index (χ2v) is 4.68. The van der Waals surface area contributed by atoms with E-state index in [1.54, 1.807) is 7.11 Å². The summed E-state index contributed by atoms with van der Waals surface area (Å²) in [6.07, 6.45) is 0.840. The molecule has 0 spiro atoms. The number of halogens is 1. The van der Waals surface area contributed by atoms with E-state index in [0.717, 1.165) is 30.6 Å². The van der Waals surface area contributed by atoms with E-state index in [9.17, 15) is 0 Å². The van der Waals surface area contributed by atoms with E-state index < -0.39 is 0 Å². The summed E-state index contributed by atoms with van der Waals surface area (Å²) in [5.41, 5.74) is 0. The monoisotopic (exact) mass is 329 g/mol. The predicted molar refractivity (Wildman–Crippen MR) is 67.1 cm³/mol. The summed E-state index contributed by atoms with van der Waals surface area (Å²) in [6.45, 7) is 5.42. The van der Waals surface area contributed by atoms with Crippen molar-refractivity contribution in [1.82, 2.24) is 0 Å². The fraction of sp³-hybridized carbons (Fsp3) is 1.00. The van der Waals surface area contributed by atoms with Gasteiger partial charge < -0.3 is 40.8 Å². The summed E-state index contributed by atoms with van der Waals surface area (Å²) >= 11 is 0. The number of ether oxygens (including phenoxy) is 3. The zero-order chi connectivity index (χ0) is 13.0. The summed E-state index contributed by atoms with van der Waals surface area (Å²) < 4.78 is 16.5. The van der Waals surface area contributed by atoms with Gasteiger partial charge in [-0.2, -0.15) is 0 Å². The van der Waals surface area contributed by atoms with Gasteiger partial charge in [-0.05, 0) is 0 Å². The lowest BCUT2D eigenvalue weighted by atomic mass is 10.3. The van der Waals surface area contributed by atoms with Gasteiger partial charge in [0.25, 0.3) is 0 Å². The minimum Gasteiger partial charge on any atom is -1.00 e. The molecule has 0 radical (unpaired) electrons.